The molecule has 0 radical (unpaired) electrons. The fourth-order valence-corrected chi connectivity index (χ4v) is 5.57. The first-order valence-corrected chi connectivity index (χ1v) is 10.8. The zero-order valence-corrected chi connectivity index (χ0v) is 16.7. The number of aromatic nitrogens is 3. The predicted molar refractivity (Wildman–Crippen MR) is 102 cm³/mol. The van der Waals surface area contributed by atoms with Gasteiger partial charge < -0.3 is 9.45 Å². The van der Waals surface area contributed by atoms with Crippen molar-refractivity contribution in [2.75, 3.05) is 18.0 Å². The number of hydrogen-bond acceptors (Lipinski definition) is 6. The van der Waals surface area contributed by atoms with E-state index in [0.717, 1.165) is 55.7 Å². The van der Waals surface area contributed by atoms with E-state index in [4.69, 9.17) is 11.6 Å². The van der Waals surface area contributed by atoms with Gasteiger partial charge in [0.25, 0.3) is 0 Å². The molecule has 27 heavy (non-hydrogen) atoms. The molecule has 0 amide bonds. The van der Waals surface area contributed by atoms with Crippen LogP contribution in [0.5, 0.6) is 0 Å². The molecule has 1 N–H and O–H groups in total. The van der Waals surface area contributed by atoms with E-state index in [1.165, 1.54) is 17.2 Å². The van der Waals surface area contributed by atoms with Crippen LogP contribution >= 0.6 is 11.6 Å². The van der Waals surface area contributed by atoms with Crippen molar-refractivity contribution in [1.29, 1.82) is 0 Å². The van der Waals surface area contributed by atoms with Crippen LogP contribution in [0.1, 0.15) is 37.7 Å². The van der Waals surface area contributed by atoms with Crippen LogP contribution in [-0.4, -0.2) is 52.9 Å². The molecule has 1 spiro atoms. The van der Waals surface area contributed by atoms with Gasteiger partial charge in [-0.25, -0.2) is 14.9 Å². The summed E-state index contributed by atoms with van der Waals surface area (Å²) in [7, 11) is 0. The first-order chi connectivity index (χ1) is 13.0. The average molecular weight is 410 g/mol. The van der Waals surface area contributed by atoms with Crippen LogP contribution in [0.4, 0.5) is 5.82 Å². The summed E-state index contributed by atoms with van der Waals surface area (Å²) in [5, 5.41) is 4.82. The van der Waals surface area contributed by atoms with Crippen molar-refractivity contribution >= 4 is 34.2 Å². The third-order valence-electron chi connectivity index (χ3n) is 6.28. The Balaban J connectivity index is 1.26. The molecular weight excluding hydrogens is 388 g/mol. The summed E-state index contributed by atoms with van der Waals surface area (Å²) in [6, 6.07) is 2.27. The maximum atomic E-state index is 11.6. The van der Waals surface area contributed by atoms with Crippen LogP contribution in [-0.2, 0) is 11.3 Å². The molecule has 1 saturated heterocycles. The standard InChI is InChI=1S/C17H23ClN6O2S/c1-11-5-14(18)23-15(11)16(19-10-20-23)22-8-17(9-22)6-13(7-17)24(27(25)26)21-12-3-2-4-12/h5,10,12-13,21H,2-4,6-9H2,1H3,(H,25,26)/p-1. The van der Waals surface area contributed by atoms with Gasteiger partial charge in [-0.1, -0.05) is 18.0 Å². The molecule has 2 aromatic heterocycles. The van der Waals surface area contributed by atoms with Gasteiger partial charge in [-0.15, -0.1) is 0 Å². The SMILES string of the molecule is Cc1cc(Cl)n2ncnc(N3CC4(CC(N(NC5CCC5)S(=O)[O-])C4)C3)c12. The summed E-state index contributed by atoms with van der Waals surface area (Å²) in [4.78, 5) is 6.73. The zero-order valence-electron chi connectivity index (χ0n) is 15.1. The number of hydrazine groups is 1. The molecular formula is C17H22ClN6O2S-. The zero-order chi connectivity index (χ0) is 18.8. The Labute approximate surface area is 165 Å². The molecule has 2 aromatic rings. The molecule has 1 aliphatic heterocycles. The number of rotatable bonds is 5. The Bertz CT molecular complexity index is 902. The molecule has 3 fully saturated rings. The maximum absolute atomic E-state index is 11.6. The third-order valence-corrected chi connectivity index (χ3v) is 7.27. The molecule has 2 aliphatic carbocycles. The Hall–Kier alpha value is -1.26. The molecule has 3 heterocycles. The van der Waals surface area contributed by atoms with Crippen LogP contribution in [0.2, 0.25) is 5.15 Å². The third kappa shape index (κ3) is 2.87. The molecule has 0 bridgehead atoms. The first kappa shape index (κ1) is 17.8. The molecule has 146 valence electrons. The molecule has 1 unspecified atom stereocenters. The van der Waals surface area contributed by atoms with Crippen molar-refractivity contribution < 1.29 is 8.76 Å². The van der Waals surface area contributed by atoms with E-state index in [1.54, 1.807) is 4.52 Å². The number of hydrogen-bond donors (Lipinski definition) is 1. The second-order valence-corrected chi connectivity index (χ2v) is 9.43. The summed E-state index contributed by atoms with van der Waals surface area (Å²) in [6.45, 7) is 3.79. The highest BCUT2D eigenvalue weighted by Crippen LogP contribution is 2.51. The number of fused-ring (bicyclic) bond motifs is 1. The van der Waals surface area contributed by atoms with Crippen LogP contribution in [0.15, 0.2) is 12.4 Å². The number of aryl methyl sites for hydroxylation is 1. The summed E-state index contributed by atoms with van der Waals surface area (Å²) in [5.41, 5.74) is 5.38. The normalized spacial score (nSPS) is 23.5. The highest BCUT2D eigenvalue weighted by atomic mass is 35.5. The van der Waals surface area contributed by atoms with Crippen molar-refractivity contribution in [2.24, 2.45) is 5.41 Å². The fourth-order valence-electron chi connectivity index (χ4n) is 4.66. The minimum atomic E-state index is -2.23. The van der Waals surface area contributed by atoms with Gasteiger partial charge in [0, 0.05) is 41.9 Å². The second kappa shape index (κ2) is 6.38. The smallest absolute Gasteiger partial charge is 0.156 e. The number of nitrogens with zero attached hydrogens (tertiary/aromatic N) is 5. The van der Waals surface area contributed by atoms with Gasteiger partial charge in [-0.3, -0.25) is 4.21 Å². The molecule has 0 aromatic carbocycles. The minimum Gasteiger partial charge on any atom is -0.759 e. The van der Waals surface area contributed by atoms with Gasteiger partial charge >= 0.3 is 0 Å². The van der Waals surface area contributed by atoms with Gasteiger partial charge in [0.1, 0.15) is 17.0 Å². The molecule has 3 aliphatic rings. The lowest BCUT2D eigenvalue weighted by Crippen LogP contribution is -2.69. The molecule has 2 saturated carbocycles. The van der Waals surface area contributed by atoms with Gasteiger partial charge in [-0.05, 0) is 44.2 Å². The molecule has 5 rings (SSSR count). The first-order valence-electron chi connectivity index (χ1n) is 9.34. The molecule has 10 heteroatoms. The second-order valence-electron chi connectivity index (χ2n) is 8.21. The van der Waals surface area contributed by atoms with Gasteiger partial charge in [-0.2, -0.15) is 9.51 Å². The molecule has 8 nitrogen and oxygen atoms in total. The van der Waals surface area contributed by atoms with Crippen LogP contribution in [0.3, 0.4) is 0 Å². The van der Waals surface area contributed by atoms with E-state index in [-0.39, 0.29) is 11.5 Å². The number of anilines is 1. The number of nitrogens with one attached hydrogen (secondary N) is 1. The summed E-state index contributed by atoms with van der Waals surface area (Å²) in [5.74, 6) is 0.903. The van der Waals surface area contributed by atoms with Crippen LogP contribution < -0.4 is 10.3 Å². The lowest BCUT2D eigenvalue weighted by Gasteiger charge is -2.61. The summed E-state index contributed by atoms with van der Waals surface area (Å²) in [6.07, 6.45) is 6.60. The lowest BCUT2D eigenvalue weighted by atomic mass is 9.61. The largest absolute Gasteiger partial charge is 0.759 e. The Kier molecular flexibility index (Phi) is 4.21. The Morgan fingerprint density at radius 1 is 1.41 bits per heavy atom. The summed E-state index contributed by atoms with van der Waals surface area (Å²) >= 11 is 4.01. The fraction of sp³-hybridized carbons (Fsp3) is 0.647. The Morgan fingerprint density at radius 3 is 2.78 bits per heavy atom. The van der Waals surface area contributed by atoms with Gasteiger partial charge in [0.2, 0.25) is 0 Å². The van der Waals surface area contributed by atoms with E-state index in [1.807, 2.05) is 13.0 Å². The highest BCUT2D eigenvalue weighted by molar-refractivity contribution is 7.76. The minimum absolute atomic E-state index is 0.0565. The van der Waals surface area contributed by atoms with E-state index >= 15 is 0 Å². The van der Waals surface area contributed by atoms with Crippen molar-refractivity contribution in [3.63, 3.8) is 0 Å². The molecule has 1 atom stereocenters. The summed E-state index contributed by atoms with van der Waals surface area (Å²) < 4.78 is 26.4. The Morgan fingerprint density at radius 2 is 2.15 bits per heavy atom. The number of halogens is 1. The van der Waals surface area contributed by atoms with Crippen LogP contribution in [0.25, 0.3) is 5.52 Å². The van der Waals surface area contributed by atoms with Crippen molar-refractivity contribution in [1.82, 2.24) is 24.4 Å². The van der Waals surface area contributed by atoms with Crippen molar-refractivity contribution in [3.8, 4) is 0 Å². The average Bonchev–Trinajstić information content (AvgIpc) is 2.80. The van der Waals surface area contributed by atoms with E-state index in [0.29, 0.717) is 11.2 Å². The van der Waals surface area contributed by atoms with E-state index in [9.17, 15) is 8.76 Å². The maximum Gasteiger partial charge on any atom is 0.156 e. The lowest BCUT2D eigenvalue weighted by molar-refractivity contribution is -0.0128. The topological polar surface area (TPSA) is 88.8 Å². The van der Waals surface area contributed by atoms with Crippen LogP contribution in [0, 0.1) is 12.3 Å². The van der Waals surface area contributed by atoms with Crippen molar-refractivity contribution in [3.05, 3.63) is 23.1 Å². The predicted octanol–water partition coefficient (Wildman–Crippen LogP) is 1.81. The quantitative estimate of drug-likeness (QED) is 0.598. The van der Waals surface area contributed by atoms with E-state index in [2.05, 4.69) is 20.4 Å². The monoisotopic (exact) mass is 409 g/mol. The van der Waals surface area contributed by atoms with E-state index < -0.39 is 11.3 Å². The highest BCUT2D eigenvalue weighted by Gasteiger charge is 2.55. The van der Waals surface area contributed by atoms with Crippen molar-refractivity contribution in [2.45, 2.75) is 51.1 Å². The van der Waals surface area contributed by atoms with Gasteiger partial charge in [0.05, 0.1) is 0 Å². The van der Waals surface area contributed by atoms with Gasteiger partial charge in [0.15, 0.2) is 5.82 Å².